The molecule has 1 fully saturated rings. The Bertz CT molecular complexity index is 328. The molecule has 1 aromatic rings. The lowest BCUT2D eigenvalue weighted by molar-refractivity contribution is 0.118. The van der Waals surface area contributed by atoms with E-state index in [9.17, 15) is 0 Å². The monoisotopic (exact) mass is 289 g/mol. The summed E-state index contributed by atoms with van der Waals surface area (Å²) in [7, 11) is 0. The minimum atomic E-state index is 0.237. The first-order valence-corrected chi connectivity index (χ1v) is 6.92. The highest BCUT2D eigenvalue weighted by atomic mass is 79.9. The first-order chi connectivity index (χ1) is 7.15. The standard InChI is InChI=1S/C11H16BrNOS/c1-7-2-8(5-14-7)11(13)4-10-3-9(12)6-15-10/h3,6-8,11H,2,4-5,13H2,1H3. The van der Waals surface area contributed by atoms with Gasteiger partial charge in [0, 0.05) is 26.7 Å². The summed E-state index contributed by atoms with van der Waals surface area (Å²) >= 11 is 5.23. The Morgan fingerprint density at radius 1 is 1.73 bits per heavy atom. The summed E-state index contributed by atoms with van der Waals surface area (Å²) in [4.78, 5) is 1.36. The molecule has 15 heavy (non-hydrogen) atoms. The van der Waals surface area contributed by atoms with Gasteiger partial charge in [-0.15, -0.1) is 11.3 Å². The summed E-state index contributed by atoms with van der Waals surface area (Å²) in [6, 6.07) is 2.39. The first-order valence-electron chi connectivity index (χ1n) is 5.25. The number of ether oxygens (including phenoxy) is 1. The van der Waals surface area contributed by atoms with Crippen molar-refractivity contribution in [3.05, 3.63) is 20.8 Å². The van der Waals surface area contributed by atoms with E-state index in [0.29, 0.717) is 12.0 Å². The predicted molar refractivity (Wildman–Crippen MR) is 67.2 cm³/mol. The van der Waals surface area contributed by atoms with E-state index in [1.807, 2.05) is 0 Å². The molecule has 3 atom stereocenters. The van der Waals surface area contributed by atoms with Crippen molar-refractivity contribution in [2.75, 3.05) is 6.61 Å². The van der Waals surface area contributed by atoms with E-state index in [4.69, 9.17) is 10.5 Å². The minimum absolute atomic E-state index is 0.237. The average molecular weight is 290 g/mol. The van der Waals surface area contributed by atoms with Crippen molar-refractivity contribution in [3.8, 4) is 0 Å². The Labute approximate surface area is 103 Å². The van der Waals surface area contributed by atoms with Gasteiger partial charge in [0.2, 0.25) is 0 Å². The van der Waals surface area contributed by atoms with Crippen molar-refractivity contribution in [2.45, 2.75) is 31.9 Å². The van der Waals surface area contributed by atoms with Crippen LogP contribution in [0.5, 0.6) is 0 Å². The maximum Gasteiger partial charge on any atom is 0.0551 e. The zero-order valence-electron chi connectivity index (χ0n) is 8.78. The lowest BCUT2D eigenvalue weighted by atomic mass is 9.95. The van der Waals surface area contributed by atoms with Gasteiger partial charge in [-0.3, -0.25) is 0 Å². The van der Waals surface area contributed by atoms with Crippen molar-refractivity contribution in [2.24, 2.45) is 11.7 Å². The molecule has 2 heterocycles. The largest absolute Gasteiger partial charge is 0.378 e. The van der Waals surface area contributed by atoms with E-state index in [0.717, 1.165) is 23.9 Å². The number of rotatable bonds is 3. The Kier molecular flexibility index (Phi) is 3.83. The molecule has 0 amide bonds. The summed E-state index contributed by atoms with van der Waals surface area (Å²) in [6.07, 6.45) is 2.46. The molecule has 0 spiro atoms. The van der Waals surface area contributed by atoms with Crippen LogP contribution in [0.3, 0.4) is 0 Å². The summed E-state index contributed by atoms with van der Waals surface area (Å²) in [5.41, 5.74) is 6.19. The van der Waals surface area contributed by atoms with E-state index in [1.54, 1.807) is 11.3 Å². The number of hydrogen-bond acceptors (Lipinski definition) is 3. The molecule has 0 radical (unpaired) electrons. The van der Waals surface area contributed by atoms with Crippen LogP contribution in [0.2, 0.25) is 0 Å². The summed E-state index contributed by atoms with van der Waals surface area (Å²) < 4.78 is 6.70. The Hall–Kier alpha value is 0.1000. The molecule has 1 saturated heterocycles. The van der Waals surface area contributed by atoms with Crippen LogP contribution in [-0.4, -0.2) is 18.8 Å². The van der Waals surface area contributed by atoms with Gasteiger partial charge in [-0.1, -0.05) is 0 Å². The maximum atomic E-state index is 6.19. The molecule has 0 bridgehead atoms. The number of hydrogen-bond donors (Lipinski definition) is 1. The molecule has 1 aliphatic heterocycles. The van der Waals surface area contributed by atoms with Crippen LogP contribution < -0.4 is 5.73 Å². The third-order valence-electron chi connectivity index (χ3n) is 2.89. The SMILES string of the molecule is CC1CC(C(N)Cc2cc(Br)cs2)CO1. The summed E-state index contributed by atoms with van der Waals surface area (Å²) in [5.74, 6) is 0.529. The van der Waals surface area contributed by atoms with Crippen molar-refractivity contribution in [3.63, 3.8) is 0 Å². The predicted octanol–water partition coefficient (Wildman–Crippen LogP) is 2.81. The third-order valence-corrected chi connectivity index (χ3v) is 4.61. The van der Waals surface area contributed by atoms with Crippen LogP contribution in [0, 0.1) is 5.92 Å². The van der Waals surface area contributed by atoms with E-state index >= 15 is 0 Å². The molecular formula is C11H16BrNOS. The van der Waals surface area contributed by atoms with E-state index in [1.165, 1.54) is 4.88 Å². The molecule has 1 aromatic heterocycles. The van der Waals surface area contributed by atoms with Crippen LogP contribution >= 0.6 is 27.3 Å². The molecule has 2 nitrogen and oxygen atoms in total. The van der Waals surface area contributed by atoms with Crippen molar-refractivity contribution < 1.29 is 4.74 Å². The lowest BCUT2D eigenvalue weighted by Crippen LogP contribution is -2.32. The second kappa shape index (κ2) is 4.95. The molecule has 2 N–H and O–H groups in total. The number of halogens is 1. The molecule has 4 heteroatoms. The molecular weight excluding hydrogens is 274 g/mol. The van der Waals surface area contributed by atoms with Crippen molar-refractivity contribution in [1.29, 1.82) is 0 Å². The van der Waals surface area contributed by atoms with Gasteiger partial charge in [-0.25, -0.2) is 0 Å². The molecule has 84 valence electrons. The van der Waals surface area contributed by atoms with E-state index < -0.39 is 0 Å². The topological polar surface area (TPSA) is 35.2 Å². The highest BCUT2D eigenvalue weighted by Gasteiger charge is 2.27. The van der Waals surface area contributed by atoms with Gasteiger partial charge in [0.15, 0.2) is 0 Å². The molecule has 0 aliphatic carbocycles. The summed E-state index contributed by atoms with van der Waals surface area (Å²) in [5, 5.41) is 2.11. The first kappa shape index (κ1) is 11.6. The minimum Gasteiger partial charge on any atom is -0.378 e. The van der Waals surface area contributed by atoms with Gasteiger partial charge in [0.25, 0.3) is 0 Å². The maximum absolute atomic E-state index is 6.19. The Morgan fingerprint density at radius 2 is 2.53 bits per heavy atom. The quantitative estimate of drug-likeness (QED) is 0.929. The highest BCUT2D eigenvalue weighted by molar-refractivity contribution is 9.10. The molecule has 1 aliphatic rings. The van der Waals surface area contributed by atoms with Crippen LogP contribution in [0.25, 0.3) is 0 Å². The Balaban J connectivity index is 1.89. The van der Waals surface area contributed by atoms with Gasteiger partial charge in [0.05, 0.1) is 12.7 Å². The van der Waals surface area contributed by atoms with Crippen LogP contribution in [0.15, 0.2) is 15.9 Å². The average Bonchev–Trinajstić information content (AvgIpc) is 2.75. The van der Waals surface area contributed by atoms with Gasteiger partial charge >= 0.3 is 0 Å². The zero-order valence-corrected chi connectivity index (χ0v) is 11.2. The fourth-order valence-corrected chi connectivity index (χ4v) is 3.53. The second-order valence-corrected chi connectivity index (χ2v) is 6.15. The van der Waals surface area contributed by atoms with Gasteiger partial charge in [0.1, 0.15) is 0 Å². The fraction of sp³-hybridized carbons (Fsp3) is 0.636. The lowest BCUT2D eigenvalue weighted by Gasteiger charge is -2.16. The normalized spacial score (nSPS) is 28.2. The third kappa shape index (κ3) is 3.03. The second-order valence-electron chi connectivity index (χ2n) is 4.24. The van der Waals surface area contributed by atoms with Gasteiger partial charge in [-0.05, 0) is 41.8 Å². The Morgan fingerprint density at radius 3 is 3.07 bits per heavy atom. The highest BCUT2D eigenvalue weighted by Crippen LogP contribution is 2.26. The van der Waals surface area contributed by atoms with Gasteiger partial charge < -0.3 is 10.5 Å². The van der Waals surface area contributed by atoms with Crippen molar-refractivity contribution >= 4 is 27.3 Å². The van der Waals surface area contributed by atoms with E-state index in [-0.39, 0.29) is 6.04 Å². The molecule has 0 saturated carbocycles. The van der Waals surface area contributed by atoms with Crippen LogP contribution in [0.4, 0.5) is 0 Å². The smallest absolute Gasteiger partial charge is 0.0551 e. The molecule has 0 aromatic carbocycles. The van der Waals surface area contributed by atoms with Crippen molar-refractivity contribution in [1.82, 2.24) is 0 Å². The molecule has 3 unspecified atom stereocenters. The number of nitrogens with two attached hydrogens (primary N) is 1. The van der Waals surface area contributed by atoms with Crippen LogP contribution in [0.1, 0.15) is 18.2 Å². The molecule has 2 rings (SSSR count). The zero-order chi connectivity index (χ0) is 10.8. The van der Waals surface area contributed by atoms with Crippen LogP contribution in [-0.2, 0) is 11.2 Å². The summed E-state index contributed by atoms with van der Waals surface area (Å²) in [6.45, 7) is 2.95. The van der Waals surface area contributed by atoms with E-state index in [2.05, 4.69) is 34.3 Å². The van der Waals surface area contributed by atoms with Gasteiger partial charge in [-0.2, -0.15) is 0 Å². The number of thiophene rings is 1. The fourth-order valence-electron chi connectivity index (χ4n) is 2.01.